The van der Waals surface area contributed by atoms with E-state index in [9.17, 15) is 28.8 Å². The molecule has 2 aliphatic carbocycles. The number of methoxy groups -OCH3 is 9. The van der Waals surface area contributed by atoms with E-state index < -0.39 is 5.97 Å². The molecule has 30 heteroatoms. The second-order valence-electron chi connectivity index (χ2n) is 30.4. The van der Waals surface area contributed by atoms with E-state index in [4.69, 9.17) is 106 Å². The topological polar surface area (TPSA) is 260 Å². The van der Waals surface area contributed by atoms with Crippen molar-refractivity contribution in [1.29, 1.82) is 0 Å². The monoisotopic (exact) mass is 1850 g/mol. The number of carbonyl (C=O) groups is 6. The number of carboxylic acid groups (broad SMARTS) is 1. The third-order valence-corrected chi connectivity index (χ3v) is 23.0. The summed E-state index contributed by atoms with van der Waals surface area (Å²) in [7, 11) is 17.3. The van der Waals surface area contributed by atoms with Crippen LogP contribution in [0, 0.1) is 0 Å². The van der Waals surface area contributed by atoms with Crippen LogP contribution in [0.2, 0.25) is 25.1 Å². The Morgan fingerprint density at radius 3 is 1.14 bits per heavy atom. The van der Waals surface area contributed by atoms with E-state index in [1.807, 2.05) is 118 Å². The zero-order chi connectivity index (χ0) is 92.5. The van der Waals surface area contributed by atoms with Crippen molar-refractivity contribution >= 4 is 165 Å². The smallest absolute Gasteiger partial charge is 0.337 e. The number of esters is 3. The highest BCUT2D eigenvalue weighted by Gasteiger charge is 2.25. The molecule has 1 saturated carbocycles. The van der Waals surface area contributed by atoms with Gasteiger partial charge in [0.2, 0.25) is 0 Å². The zero-order valence-electron chi connectivity index (χ0n) is 74.8. The molecular weight excluding hydrogens is 1740 g/mol. The molecule has 1 fully saturated rings. The maximum Gasteiger partial charge on any atom is 0.337 e. The van der Waals surface area contributed by atoms with E-state index in [-0.39, 0.29) is 35.2 Å². The maximum absolute atomic E-state index is 12.1. The Labute approximate surface area is 771 Å². The number of benzene rings is 7. The molecule has 1 amide bonds. The van der Waals surface area contributed by atoms with Crippen molar-refractivity contribution in [1.82, 2.24) is 37.8 Å². The van der Waals surface area contributed by atoms with Gasteiger partial charge in [0.25, 0.3) is 5.91 Å². The highest BCUT2D eigenvalue weighted by atomic mass is 35.5. The van der Waals surface area contributed by atoms with Gasteiger partial charge in [-0.15, -0.1) is 0 Å². The quantitative estimate of drug-likeness (QED) is 0.0125. The van der Waals surface area contributed by atoms with Gasteiger partial charge in [-0.3, -0.25) is 14.4 Å². The van der Waals surface area contributed by atoms with Gasteiger partial charge >= 0.3 is 23.9 Å². The largest absolute Gasteiger partial charge is 0.478 e. The number of ether oxygens (including phenoxy) is 9. The summed E-state index contributed by atoms with van der Waals surface area (Å²) < 4.78 is 56.9. The fourth-order valence-corrected chi connectivity index (χ4v) is 15.9. The number of fused-ring (bicyclic) bond motifs is 7. The minimum Gasteiger partial charge on any atom is -0.478 e. The second kappa shape index (κ2) is 51.2. The van der Waals surface area contributed by atoms with Crippen LogP contribution in [0.4, 0.5) is 0 Å². The van der Waals surface area contributed by atoms with Gasteiger partial charge in [-0.05, 0) is 173 Å². The Bertz CT molecular complexity index is 5820. The molecule has 6 aromatic heterocycles. The number of halogens is 5. The summed E-state index contributed by atoms with van der Waals surface area (Å²) >= 11 is 31.1. The first-order valence-corrected chi connectivity index (χ1v) is 44.0. The number of Topliss-reactive ketones (excluding diaryl/α,β-unsaturated/α-hetero) is 1. The first-order valence-electron chi connectivity index (χ1n) is 42.1. The number of hydrogen-bond acceptors (Lipinski definition) is 17. The average molecular weight is 1850 g/mol. The van der Waals surface area contributed by atoms with E-state index in [0.29, 0.717) is 81.4 Å². The average Bonchev–Trinajstić information content (AvgIpc) is 1.67. The molecule has 1 unspecified atom stereocenters. The number of ketones is 1. The molecule has 1 atom stereocenters. The third kappa shape index (κ3) is 28.1. The van der Waals surface area contributed by atoms with E-state index in [1.54, 1.807) is 105 Å². The lowest BCUT2D eigenvalue weighted by Crippen LogP contribution is -2.25. The molecule has 0 radical (unpaired) electrons. The van der Waals surface area contributed by atoms with Crippen molar-refractivity contribution in [2.45, 2.75) is 123 Å². The van der Waals surface area contributed by atoms with Crippen molar-refractivity contribution in [3.63, 3.8) is 0 Å². The number of nitrogens with one attached hydrogen (secondary N) is 1. The standard InChI is InChI=1S/C17H23ClN2O.C15H19ClN2O3.C14H16ClNO3.C14H16ClNO2.C14H17NO3.C13H14ClNO3.C11H10O2/c1-12(19-14-5-6-14)13-4-7-15-16(18)11-20(17(15)10-13)8-3-9-21-2;1-17(21-3)15(19)11-5-6-12-13(16)10-18(14(12)9-11)7-4-8-20-2;1-18-7-3-6-16-9-12(15)11-5-4-10(8-13(11)16)14(17)19-2;1-10(17)11-4-5-12-13(15)9-16(14(12)8-11)6-3-7-18-2;1-17-9-3-7-15-8-6-11-4-5-12(10-13(11)15)14(16)18-2;1-18-6-2-5-15-8-11(14)10-4-3-9(13(16)17)7-12(10)15;1-13-11(12)10-6-5-8-3-2-4-9(8)7-10/h4,7,10-12,14,19H,3,5-6,8-9H2,1-2H3;5-6,9-10H,4,7-8H2,1-3H3;4-5,8-9H,3,6-7H2,1-2H3;4-5,8-9H,3,6-7H2,1-2H3;4-6,8,10H,3,7,9H2,1-2H3;3-4,7-8H,2,5-6H2,1H3,(H,16,17);2-3,5-7H,4H2,1H3. The molecule has 6 heterocycles. The van der Waals surface area contributed by atoms with Crippen molar-refractivity contribution in [2.75, 3.05) is 118 Å². The number of aromatic nitrogens is 6. The normalized spacial score (nSPS) is 12.0. The predicted octanol–water partition coefficient (Wildman–Crippen LogP) is 21.3. The van der Waals surface area contributed by atoms with Gasteiger partial charge in [0.1, 0.15) is 0 Å². The van der Waals surface area contributed by atoms with Gasteiger partial charge in [-0.25, -0.2) is 24.2 Å². The summed E-state index contributed by atoms with van der Waals surface area (Å²) in [6.07, 6.45) is 24.7. The van der Waals surface area contributed by atoms with Crippen LogP contribution in [-0.4, -0.2) is 197 Å². The lowest BCUT2D eigenvalue weighted by molar-refractivity contribution is -0.0756. The van der Waals surface area contributed by atoms with Crippen LogP contribution in [-0.2, 0) is 93.2 Å². The summed E-state index contributed by atoms with van der Waals surface area (Å²) in [5.74, 6) is -1.98. The number of nitrogens with zero attached hydrogens (tertiary/aromatic N) is 7. The van der Waals surface area contributed by atoms with Crippen LogP contribution in [0.15, 0.2) is 177 Å². The summed E-state index contributed by atoms with van der Waals surface area (Å²) in [5, 5.41) is 23.4. The molecular formula is C98H115Cl5N8O17. The molecule has 0 aliphatic heterocycles. The summed E-state index contributed by atoms with van der Waals surface area (Å²) in [6, 6.07) is 42.4. The van der Waals surface area contributed by atoms with Crippen LogP contribution in [0.5, 0.6) is 0 Å². The Morgan fingerprint density at radius 1 is 0.414 bits per heavy atom. The lowest BCUT2D eigenvalue weighted by Gasteiger charge is -2.14. The molecule has 684 valence electrons. The number of carbonyl (C=O) groups excluding carboxylic acids is 5. The molecule has 2 aliphatic rings. The van der Waals surface area contributed by atoms with Crippen LogP contribution in [0.3, 0.4) is 0 Å². The number of carboxylic acids is 1. The molecule has 7 aromatic carbocycles. The fourth-order valence-electron chi connectivity index (χ4n) is 14.5. The first kappa shape index (κ1) is 101. The van der Waals surface area contributed by atoms with Gasteiger partial charge < -0.3 is 80.5 Å². The van der Waals surface area contributed by atoms with Crippen molar-refractivity contribution < 1.29 is 81.3 Å². The molecule has 0 bridgehead atoms. The van der Waals surface area contributed by atoms with Gasteiger partial charge in [-0.1, -0.05) is 125 Å². The van der Waals surface area contributed by atoms with E-state index in [1.165, 1.54) is 68.6 Å². The summed E-state index contributed by atoms with van der Waals surface area (Å²) in [4.78, 5) is 73.7. The van der Waals surface area contributed by atoms with Gasteiger partial charge in [0, 0.05) is 227 Å². The highest BCUT2D eigenvalue weighted by Crippen LogP contribution is 2.35. The van der Waals surface area contributed by atoms with Crippen LogP contribution >= 0.6 is 58.0 Å². The van der Waals surface area contributed by atoms with Gasteiger partial charge in [0.05, 0.1) is 97.9 Å². The van der Waals surface area contributed by atoms with E-state index >= 15 is 0 Å². The molecule has 13 aromatic rings. The van der Waals surface area contributed by atoms with Crippen molar-refractivity contribution in [3.05, 3.63) is 252 Å². The number of aryl methyl sites for hydroxylation is 6. The van der Waals surface area contributed by atoms with Gasteiger partial charge in [-0.2, -0.15) is 0 Å². The molecule has 0 saturated heterocycles. The Morgan fingerprint density at radius 2 is 0.750 bits per heavy atom. The molecule has 2 N–H and O–H groups in total. The number of allylic oxidation sites excluding steroid dienone is 1. The number of hydroxylamine groups is 2. The summed E-state index contributed by atoms with van der Waals surface area (Å²) in [5.41, 5.74) is 13.0. The highest BCUT2D eigenvalue weighted by molar-refractivity contribution is 6.37. The fraction of sp³-hybridized carbons (Fsp3) is 0.367. The number of amides is 1. The van der Waals surface area contributed by atoms with Crippen LogP contribution < -0.4 is 5.32 Å². The Hall–Kier alpha value is -10.3. The molecule has 0 spiro atoms. The Balaban J connectivity index is 0.000000169. The second-order valence-corrected chi connectivity index (χ2v) is 32.5. The predicted molar refractivity (Wildman–Crippen MR) is 509 cm³/mol. The molecule has 25 nitrogen and oxygen atoms in total. The van der Waals surface area contributed by atoms with E-state index in [2.05, 4.69) is 61.0 Å². The number of hydrogen-bond donors (Lipinski definition) is 2. The SMILES string of the molecule is COC(=O)c1ccc2c(c1)CC=C2.COCCCn1cc(Cl)c2ccc(C(=O)N(C)OC)cc21.COCCCn1cc(Cl)c2ccc(C(=O)O)cc21.COCCCn1cc(Cl)c2ccc(C(=O)OC)cc21.COCCCn1cc(Cl)c2ccc(C(C)=O)cc21.COCCCn1cc(Cl)c2ccc(C(C)NC3CC3)cc21.COCCCn1ccc2ccc(C(=O)OC)cc21. The van der Waals surface area contributed by atoms with Gasteiger partial charge in [0.15, 0.2) is 5.78 Å². The molecule has 128 heavy (non-hydrogen) atoms. The van der Waals surface area contributed by atoms with Crippen LogP contribution in [0.1, 0.15) is 150 Å². The van der Waals surface area contributed by atoms with Crippen molar-refractivity contribution in [3.8, 4) is 0 Å². The third-order valence-electron chi connectivity index (χ3n) is 21.5. The Kier molecular flexibility index (Phi) is 40.5. The van der Waals surface area contributed by atoms with E-state index in [0.717, 1.165) is 167 Å². The number of aromatic carboxylic acids is 1. The zero-order valence-corrected chi connectivity index (χ0v) is 78.6. The minimum atomic E-state index is -0.933. The minimum absolute atomic E-state index is 0.0673. The van der Waals surface area contributed by atoms with Crippen molar-refractivity contribution in [2.24, 2.45) is 0 Å². The molecule has 15 rings (SSSR count). The first-order chi connectivity index (χ1) is 61.8. The number of rotatable bonds is 34. The maximum atomic E-state index is 12.1. The lowest BCUT2D eigenvalue weighted by atomic mass is 10.1. The summed E-state index contributed by atoms with van der Waals surface area (Å²) in [6.45, 7) is 13.0. The van der Waals surface area contributed by atoms with Crippen LogP contribution in [0.25, 0.3) is 71.5 Å².